The van der Waals surface area contributed by atoms with Crippen molar-refractivity contribution in [3.8, 4) is 0 Å². The Kier molecular flexibility index (Phi) is 2.66. The monoisotopic (exact) mass is 218 g/mol. The number of anilines is 1. The van der Waals surface area contributed by atoms with Crippen molar-refractivity contribution in [1.82, 2.24) is 4.98 Å². The summed E-state index contributed by atoms with van der Waals surface area (Å²) in [5, 5.41) is 0.980. The molecule has 0 unspecified atom stereocenters. The molecule has 4 nitrogen and oxygen atoms in total. The van der Waals surface area contributed by atoms with Crippen molar-refractivity contribution in [2.45, 2.75) is 13.5 Å². The molecule has 0 aliphatic carbocycles. The van der Waals surface area contributed by atoms with E-state index in [1.165, 1.54) is 0 Å². The summed E-state index contributed by atoms with van der Waals surface area (Å²) in [7, 11) is 1.61. The maximum atomic E-state index is 11.4. The molecule has 1 aromatic carbocycles. The third kappa shape index (κ3) is 1.79. The molecule has 0 saturated carbocycles. The highest BCUT2D eigenvalue weighted by Gasteiger charge is 2.05. The van der Waals surface area contributed by atoms with Crippen LogP contribution in [0, 0.1) is 6.92 Å². The van der Waals surface area contributed by atoms with Gasteiger partial charge in [0.15, 0.2) is 0 Å². The van der Waals surface area contributed by atoms with Gasteiger partial charge < -0.3 is 15.5 Å². The van der Waals surface area contributed by atoms with Gasteiger partial charge in [-0.1, -0.05) is 0 Å². The Bertz CT molecular complexity index is 587. The lowest BCUT2D eigenvalue weighted by Crippen LogP contribution is -2.07. The second kappa shape index (κ2) is 3.98. The molecule has 0 amide bonds. The zero-order valence-corrected chi connectivity index (χ0v) is 9.33. The number of hydrogen-bond acceptors (Lipinski definition) is 3. The van der Waals surface area contributed by atoms with Gasteiger partial charge in [-0.3, -0.25) is 4.79 Å². The van der Waals surface area contributed by atoms with E-state index in [2.05, 4.69) is 4.98 Å². The van der Waals surface area contributed by atoms with Gasteiger partial charge in [-0.25, -0.2) is 0 Å². The summed E-state index contributed by atoms with van der Waals surface area (Å²) < 4.78 is 5.08. The zero-order valence-electron chi connectivity index (χ0n) is 9.33. The number of pyridine rings is 1. The molecular formula is C12H14N2O2. The highest BCUT2D eigenvalue weighted by Crippen LogP contribution is 2.22. The molecule has 3 N–H and O–H groups in total. The molecule has 0 aliphatic heterocycles. The lowest BCUT2D eigenvalue weighted by atomic mass is 10.1. The van der Waals surface area contributed by atoms with Gasteiger partial charge in [0, 0.05) is 24.2 Å². The van der Waals surface area contributed by atoms with Gasteiger partial charge in [0.2, 0.25) is 5.56 Å². The van der Waals surface area contributed by atoms with Crippen molar-refractivity contribution >= 4 is 16.6 Å². The summed E-state index contributed by atoms with van der Waals surface area (Å²) >= 11 is 0. The van der Waals surface area contributed by atoms with Crippen LogP contribution in [0.2, 0.25) is 0 Å². The van der Waals surface area contributed by atoms with Crippen LogP contribution >= 0.6 is 0 Å². The number of nitrogens with two attached hydrogens (primary N) is 1. The molecule has 1 aromatic heterocycles. The molecule has 2 rings (SSSR count). The van der Waals surface area contributed by atoms with Crippen LogP contribution in [0.5, 0.6) is 0 Å². The summed E-state index contributed by atoms with van der Waals surface area (Å²) in [6.07, 6.45) is 0. The maximum absolute atomic E-state index is 11.4. The number of aryl methyl sites for hydroxylation is 1. The van der Waals surface area contributed by atoms with Crippen molar-refractivity contribution < 1.29 is 4.74 Å². The van der Waals surface area contributed by atoms with Gasteiger partial charge in [0.1, 0.15) is 0 Å². The predicted molar refractivity (Wildman–Crippen MR) is 64.4 cm³/mol. The van der Waals surface area contributed by atoms with Crippen molar-refractivity contribution in [2.24, 2.45) is 0 Å². The first-order valence-corrected chi connectivity index (χ1v) is 5.03. The summed E-state index contributed by atoms with van der Waals surface area (Å²) in [6, 6.07) is 5.31. The van der Waals surface area contributed by atoms with Crippen LogP contribution in [0.1, 0.15) is 11.1 Å². The molecule has 0 fully saturated rings. The van der Waals surface area contributed by atoms with Gasteiger partial charge in [-0.2, -0.15) is 0 Å². The van der Waals surface area contributed by atoms with Gasteiger partial charge in [0.05, 0.1) is 12.1 Å². The lowest BCUT2D eigenvalue weighted by molar-refractivity contribution is 0.186. The first kappa shape index (κ1) is 10.7. The van der Waals surface area contributed by atoms with Crippen LogP contribution in [0.4, 0.5) is 5.69 Å². The van der Waals surface area contributed by atoms with Crippen LogP contribution in [0.15, 0.2) is 23.0 Å². The Labute approximate surface area is 93.0 Å². The topological polar surface area (TPSA) is 68.1 Å². The number of fused-ring (bicyclic) bond motifs is 1. The fourth-order valence-corrected chi connectivity index (χ4v) is 1.77. The number of hydrogen-bond donors (Lipinski definition) is 2. The minimum Gasteiger partial charge on any atom is -0.398 e. The van der Waals surface area contributed by atoms with E-state index in [1.54, 1.807) is 19.2 Å². The van der Waals surface area contributed by atoms with E-state index >= 15 is 0 Å². The van der Waals surface area contributed by atoms with E-state index in [1.807, 2.05) is 13.0 Å². The molecule has 1 heterocycles. The number of methoxy groups -OCH3 is 1. The summed E-state index contributed by atoms with van der Waals surface area (Å²) in [5.74, 6) is 0. The van der Waals surface area contributed by atoms with E-state index in [9.17, 15) is 4.79 Å². The number of nitrogen functional groups attached to an aromatic ring is 1. The molecule has 0 bridgehead atoms. The SMILES string of the molecule is COCc1cc(=O)[nH]c2cc(N)c(C)cc12. The molecule has 0 saturated heterocycles. The standard InChI is InChI=1S/C12H14N2O2/c1-7-3-9-8(6-16-2)4-12(15)14-11(9)5-10(7)13/h3-5H,6,13H2,1-2H3,(H,14,15). The Morgan fingerprint density at radius 1 is 1.38 bits per heavy atom. The molecule has 4 heteroatoms. The average molecular weight is 218 g/mol. The largest absolute Gasteiger partial charge is 0.398 e. The van der Waals surface area contributed by atoms with Crippen LogP contribution in [0.3, 0.4) is 0 Å². The summed E-state index contributed by atoms with van der Waals surface area (Å²) in [6.45, 7) is 2.36. The number of H-pyrrole nitrogens is 1. The molecular weight excluding hydrogens is 204 g/mol. The first-order valence-electron chi connectivity index (χ1n) is 5.03. The molecule has 0 radical (unpaired) electrons. The molecule has 84 valence electrons. The lowest BCUT2D eigenvalue weighted by Gasteiger charge is -2.08. The summed E-state index contributed by atoms with van der Waals surface area (Å²) in [4.78, 5) is 14.2. The van der Waals surface area contributed by atoms with Crippen molar-refractivity contribution in [3.05, 3.63) is 39.7 Å². The number of aromatic amines is 1. The second-order valence-corrected chi connectivity index (χ2v) is 3.85. The van der Waals surface area contributed by atoms with Gasteiger partial charge >= 0.3 is 0 Å². The van der Waals surface area contributed by atoms with Crippen LogP contribution in [-0.4, -0.2) is 12.1 Å². The highest BCUT2D eigenvalue weighted by molar-refractivity contribution is 5.86. The Morgan fingerprint density at radius 3 is 2.81 bits per heavy atom. The first-order chi connectivity index (χ1) is 7.61. The van der Waals surface area contributed by atoms with Crippen LogP contribution in [-0.2, 0) is 11.3 Å². The maximum Gasteiger partial charge on any atom is 0.248 e. The molecule has 0 spiro atoms. The average Bonchev–Trinajstić information content (AvgIpc) is 2.21. The summed E-state index contributed by atoms with van der Waals surface area (Å²) in [5.41, 5.74) is 8.98. The highest BCUT2D eigenvalue weighted by atomic mass is 16.5. The second-order valence-electron chi connectivity index (χ2n) is 3.85. The number of benzene rings is 1. The fourth-order valence-electron chi connectivity index (χ4n) is 1.77. The molecule has 2 aromatic rings. The number of aromatic nitrogens is 1. The molecule has 16 heavy (non-hydrogen) atoms. The Balaban J connectivity index is 2.79. The normalized spacial score (nSPS) is 10.9. The molecule has 0 atom stereocenters. The van der Waals surface area contributed by atoms with E-state index in [-0.39, 0.29) is 5.56 Å². The van der Waals surface area contributed by atoms with Crippen LogP contribution < -0.4 is 11.3 Å². The van der Waals surface area contributed by atoms with Gasteiger partial charge in [-0.05, 0) is 30.2 Å². The van der Waals surface area contributed by atoms with E-state index < -0.39 is 0 Å². The van der Waals surface area contributed by atoms with Gasteiger partial charge in [0.25, 0.3) is 0 Å². The number of nitrogens with one attached hydrogen (secondary N) is 1. The number of ether oxygens (including phenoxy) is 1. The number of rotatable bonds is 2. The third-order valence-corrected chi connectivity index (χ3v) is 2.62. The Morgan fingerprint density at radius 2 is 2.12 bits per heavy atom. The van der Waals surface area contributed by atoms with Crippen LogP contribution in [0.25, 0.3) is 10.9 Å². The van der Waals surface area contributed by atoms with Crippen molar-refractivity contribution in [3.63, 3.8) is 0 Å². The zero-order chi connectivity index (χ0) is 11.7. The van der Waals surface area contributed by atoms with Crippen molar-refractivity contribution in [1.29, 1.82) is 0 Å². The smallest absolute Gasteiger partial charge is 0.248 e. The predicted octanol–water partition coefficient (Wildman–Crippen LogP) is 1.57. The minimum absolute atomic E-state index is 0.136. The fraction of sp³-hybridized carbons (Fsp3) is 0.250. The minimum atomic E-state index is -0.136. The molecule has 0 aliphatic rings. The van der Waals surface area contributed by atoms with Crippen molar-refractivity contribution in [2.75, 3.05) is 12.8 Å². The quantitative estimate of drug-likeness (QED) is 0.752. The Hall–Kier alpha value is -1.81. The van der Waals surface area contributed by atoms with E-state index in [0.29, 0.717) is 12.3 Å². The van der Waals surface area contributed by atoms with E-state index in [0.717, 1.165) is 22.0 Å². The third-order valence-electron chi connectivity index (χ3n) is 2.62. The van der Waals surface area contributed by atoms with Gasteiger partial charge in [-0.15, -0.1) is 0 Å². The van der Waals surface area contributed by atoms with E-state index in [4.69, 9.17) is 10.5 Å².